The number of carbonyl (C=O) groups is 1. The number of amides is 1. The van der Waals surface area contributed by atoms with Crippen molar-refractivity contribution in [2.75, 3.05) is 27.2 Å². The number of imidazole rings is 1. The van der Waals surface area contributed by atoms with Gasteiger partial charge in [-0.25, -0.2) is 4.98 Å². The highest BCUT2D eigenvalue weighted by atomic mass is 16.5. The van der Waals surface area contributed by atoms with E-state index in [1.54, 1.807) is 7.11 Å². The van der Waals surface area contributed by atoms with Gasteiger partial charge >= 0.3 is 0 Å². The molecule has 3 aromatic rings. The Bertz CT molecular complexity index is 1130. The SMILES string of the molecule is COc1cccc(-c2ccc3c(c2)OC2CN(Cc4nccn4C)CC2N(C)C3=O)c1. The summed E-state index contributed by atoms with van der Waals surface area (Å²) in [7, 11) is 5.53. The van der Waals surface area contributed by atoms with E-state index < -0.39 is 0 Å². The van der Waals surface area contributed by atoms with Crippen LogP contribution in [0.3, 0.4) is 0 Å². The summed E-state index contributed by atoms with van der Waals surface area (Å²) in [5.41, 5.74) is 2.63. The second-order valence-corrected chi connectivity index (χ2v) is 8.23. The lowest BCUT2D eigenvalue weighted by Crippen LogP contribution is -2.44. The number of rotatable bonds is 4. The number of nitrogens with zero attached hydrogens (tertiary/aromatic N) is 4. The molecule has 1 aromatic heterocycles. The van der Waals surface area contributed by atoms with Crippen molar-refractivity contribution >= 4 is 5.91 Å². The fourth-order valence-corrected chi connectivity index (χ4v) is 4.48. The van der Waals surface area contributed by atoms with Crippen molar-refractivity contribution < 1.29 is 14.3 Å². The van der Waals surface area contributed by atoms with Crippen LogP contribution in [0.1, 0.15) is 16.2 Å². The molecule has 0 spiro atoms. The molecule has 2 unspecified atom stereocenters. The van der Waals surface area contributed by atoms with E-state index in [1.807, 2.05) is 78.4 Å². The van der Waals surface area contributed by atoms with E-state index >= 15 is 0 Å². The molecule has 0 aliphatic carbocycles. The first kappa shape index (κ1) is 19.6. The quantitative estimate of drug-likeness (QED) is 0.652. The third-order valence-electron chi connectivity index (χ3n) is 6.31. The van der Waals surface area contributed by atoms with Crippen LogP contribution in [0.2, 0.25) is 0 Å². The van der Waals surface area contributed by atoms with E-state index in [1.165, 1.54) is 0 Å². The Morgan fingerprint density at radius 1 is 1.13 bits per heavy atom. The molecule has 1 saturated heterocycles. The average molecular weight is 418 g/mol. The Labute approximate surface area is 181 Å². The zero-order chi connectivity index (χ0) is 21.5. The van der Waals surface area contributed by atoms with Gasteiger partial charge in [0, 0.05) is 39.6 Å². The van der Waals surface area contributed by atoms with Crippen molar-refractivity contribution in [1.82, 2.24) is 19.4 Å². The summed E-state index contributed by atoms with van der Waals surface area (Å²) in [5.74, 6) is 2.44. The summed E-state index contributed by atoms with van der Waals surface area (Å²) in [4.78, 5) is 21.8. The van der Waals surface area contributed by atoms with E-state index in [4.69, 9.17) is 9.47 Å². The molecule has 0 N–H and O–H groups in total. The first-order valence-corrected chi connectivity index (χ1v) is 10.4. The summed E-state index contributed by atoms with van der Waals surface area (Å²) in [6.07, 6.45) is 3.67. The van der Waals surface area contributed by atoms with Gasteiger partial charge in [-0.2, -0.15) is 0 Å². The summed E-state index contributed by atoms with van der Waals surface area (Å²) in [6, 6.07) is 13.7. The number of methoxy groups -OCH3 is 1. The van der Waals surface area contributed by atoms with E-state index in [9.17, 15) is 4.79 Å². The molecule has 160 valence electrons. The topological polar surface area (TPSA) is 59.8 Å². The van der Waals surface area contributed by atoms with Crippen molar-refractivity contribution in [1.29, 1.82) is 0 Å². The number of hydrogen-bond donors (Lipinski definition) is 0. The van der Waals surface area contributed by atoms with Gasteiger partial charge in [0.2, 0.25) is 0 Å². The Kier molecular flexibility index (Phi) is 4.90. The minimum atomic E-state index is -0.0870. The maximum Gasteiger partial charge on any atom is 0.257 e. The first-order chi connectivity index (χ1) is 15.0. The second kappa shape index (κ2) is 7.74. The molecule has 7 nitrogen and oxygen atoms in total. The molecule has 1 amide bonds. The third kappa shape index (κ3) is 3.55. The van der Waals surface area contributed by atoms with E-state index in [0.29, 0.717) is 11.3 Å². The van der Waals surface area contributed by atoms with Crippen LogP contribution >= 0.6 is 0 Å². The molecule has 7 heteroatoms. The Morgan fingerprint density at radius 2 is 1.97 bits per heavy atom. The maximum atomic E-state index is 13.2. The van der Waals surface area contributed by atoms with Crippen LogP contribution in [-0.4, -0.2) is 64.7 Å². The zero-order valence-electron chi connectivity index (χ0n) is 18.0. The molecule has 0 radical (unpaired) electrons. The van der Waals surface area contributed by atoms with Gasteiger partial charge in [-0.05, 0) is 35.4 Å². The smallest absolute Gasteiger partial charge is 0.257 e. The third-order valence-corrected chi connectivity index (χ3v) is 6.31. The summed E-state index contributed by atoms with van der Waals surface area (Å²) < 4.78 is 13.8. The van der Waals surface area contributed by atoms with Gasteiger partial charge in [-0.15, -0.1) is 0 Å². The number of hydrogen-bond acceptors (Lipinski definition) is 5. The largest absolute Gasteiger partial charge is 0.497 e. The molecule has 2 aliphatic rings. The van der Waals surface area contributed by atoms with E-state index in [2.05, 4.69) is 9.88 Å². The number of likely N-dealkylation sites (N-methyl/N-ethyl adjacent to an activating group) is 1. The lowest BCUT2D eigenvalue weighted by atomic mass is 10.0. The van der Waals surface area contributed by atoms with Crippen molar-refractivity contribution in [3.63, 3.8) is 0 Å². The summed E-state index contributed by atoms with van der Waals surface area (Å²) in [6.45, 7) is 2.24. The van der Waals surface area contributed by atoms with Crippen molar-refractivity contribution in [3.8, 4) is 22.6 Å². The van der Waals surface area contributed by atoms with Gasteiger partial charge in [-0.3, -0.25) is 9.69 Å². The minimum Gasteiger partial charge on any atom is -0.497 e. The van der Waals surface area contributed by atoms with Crippen LogP contribution in [0.4, 0.5) is 0 Å². The predicted octanol–water partition coefficient (Wildman–Crippen LogP) is 2.81. The monoisotopic (exact) mass is 418 g/mol. The zero-order valence-corrected chi connectivity index (χ0v) is 18.0. The van der Waals surface area contributed by atoms with E-state index in [-0.39, 0.29) is 18.1 Å². The molecule has 2 aromatic carbocycles. The molecule has 2 aliphatic heterocycles. The number of fused-ring (bicyclic) bond motifs is 2. The van der Waals surface area contributed by atoms with Crippen LogP contribution < -0.4 is 9.47 Å². The fourth-order valence-electron chi connectivity index (χ4n) is 4.48. The number of aryl methyl sites for hydroxylation is 1. The second-order valence-electron chi connectivity index (χ2n) is 8.23. The molecular weight excluding hydrogens is 392 g/mol. The number of carbonyl (C=O) groups excluding carboxylic acids is 1. The molecule has 31 heavy (non-hydrogen) atoms. The molecular formula is C24H26N4O3. The van der Waals surface area contributed by atoms with Crippen LogP contribution in [-0.2, 0) is 13.6 Å². The number of ether oxygens (including phenoxy) is 2. The lowest BCUT2D eigenvalue weighted by molar-refractivity contribution is 0.0682. The molecule has 2 atom stereocenters. The highest BCUT2D eigenvalue weighted by Crippen LogP contribution is 2.35. The number of aromatic nitrogens is 2. The lowest BCUT2D eigenvalue weighted by Gasteiger charge is -2.25. The number of benzene rings is 2. The molecule has 3 heterocycles. The summed E-state index contributed by atoms with van der Waals surface area (Å²) >= 11 is 0. The minimum absolute atomic E-state index is 0.000405. The van der Waals surface area contributed by atoms with Crippen LogP contribution in [0.5, 0.6) is 11.5 Å². The molecule has 5 rings (SSSR count). The Hall–Kier alpha value is -3.32. The van der Waals surface area contributed by atoms with Crippen molar-refractivity contribution in [2.45, 2.75) is 18.7 Å². The van der Waals surface area contributed by atoms with Gasteiger partial charge in [0.15, 0.2) is 0 Å². The van der Waals surface area contributed by atoms with Crippen LogP contribution in [0.15, 0.2) is 54.9 Å². The average Bonchev–Trinajstić information content (AvgIpc) is 3.36. The van der Waals surface area contributed by atoms with Gasteiger partial charge < -0.3 is 18.9 Å². The highest BCUT2D eigenvalue weighted by Gasteiger charge is 2.42. The van der Waals surface area contributed by atoms with Crippen LogP contribution in [0, 0.1) is 0 Å². The van der Waals surface area contributed by atoms with Crippen LogP contribution in [0.25, 0.3) is 11.1 Å². The predicted molar refractivity (Wildman–Crippen MR) is 117 cm³/mol. The normalized spacial score (nSPS) is 20.7. The Morgan fingerprint density at radius 3 is 2.74 bits per heavy atom. The van der Waals surface area contributed by atoms with Gasteiger partial charge in [0.1, 0.15) is 23.4 Å². The van der Waals surface area contributed by atoms with E-state index in [0.717, 1.165) is 42.3 Å². The fraction of sp³-hybridized carbons (Fsp3) is 0.333. The standard InChI is InChI=1S/C24H26N4O3/c1-26-10-9-25-23(26)15-28-13-20-22(14-28)31-21-12-17(7-8-19(21)24(29)27(20)2)16-5-4-6-18(11-16)30-3/h4-12,20,22H,13-15H2,1-3H3. The highest BCUT2D eigenvalue weighted by molar-refractivity contribution is 5.98. The summed E-state index contributed by atoms with van der Waals surface area (Å²) in [5, 5.41) is 0. The molecule has 1 fully saturated rings. The van der Waals surface area contributed by atoms with Crippen molar-refractivity contribution in [3.05, 3.63) is 66.2 Å². The Balaban J connectivity index is 1.43. The first-order valence-electron chi connectivity index (χ1n) is 10.4. The number of likely N-dealkylation sites (tertiary alicyclic amines) is 1. The van der Waals surface area contributed by atoms with Gasteiger partial charge in [0.25, 0.3) is 5.91 Å². The van der Waals surface area contributed by atoms with Gasteiger partial charge in [-0.1, -0.05) is 18.2 Å². The molecule has 0 saturated carbocycles. The molecule has 0 bridgehead atoms. The van der Waals surface area contributed by atoms with Crippen molar-refractivity contribution in [2.24, 2.45) is 7.05 Å². The maximum absolute atomic E-state index is 13.2. The van der Waals surface area contributed by atoms with Gasteiger partial charge in [0.05, 0.1) is 25.3 Å².